The van der Waals surface area contributed by atoms with Crippen molar-refractivity contribution in [3.05, 3.63) is 35.5 Å². The van der Waals surface area contributed by atoms with E-state index >= 15 is 0 Å². The second kappa shape index (κ2) is 6.52. The van der Waals surface area contributed by atoms with Crippen LogP contribution in [0.4, 0.5) is 0 Å². The Morgan fingerprint density at radius 3 is 2.52 bits per heavy atom. The molecule has 0 spiro atoms. The highest BCUT2D eigenvalue weighted by molar-refractivity contribution is 5.31. The quantitative estimate of drug-likeness (QED) is 0.713. The summed E-state index contributed by atoms with van der Waals surface area (Å²) in [6, 6.07) is 0. The van der Waals surface area contributed by atoms with E-state index in [1.807, 2.05) is 0 Å². The number of hydrogen-bond donors (Lipinski definition) is 1. The van der Waals surface area contributed by atoms with E-state index in [0.29, 0.717) is 29.6 Å². The van der Waals surface area contributed by atoms with Crippen LogP contribution in [0.3, 0.4) is 0 Å². The van der Waals surface area contributed by atoms with E-state index in [4.69, 9.17) is 0 Å². The summed E-state index contributed by atoms with van der Waals surface area (Å²) in [4.78, 5) is 0. The van der Waals surface area contributed by atoms with E-state index in [2.05, 4.69) is 53.3 Å². The first-order valence-electron chi connectivity index (χ1n) is 8.54. The lowest BCUT2D eigenvalue weighted by Gasteiger charge is -2.44. The predicted molar refractivity (Wildman–Crippen MR) is 91.0 cm³/mol. The minimum absolute atomic E-state index is 0.298. The van der Waals surface area contributed by atoms with E-state index in [-0.39, 0.29) is 6.10 Å². The molecule has 1 heteroatoms. The molecule has 0 radical (unpaired) electrons. The Labute approximate surface area is 130 Å². The molecule has 0 saturated heterocycles. The molecule has 2 rings (SSSR count). The van der Waals surface area contributed by atoms with Crippen LogP contribution in [0.1, 0.15) is 53.9 Å². The first-order valence-corrected chi connectivity index (χ1v) is 8.54. The van der Waals surface area contributed by atoms with Gasteiger partial charge in [-0.15, -0.1) is 0 Å². The molecular formula is C20H32O. The van der Waals surface area contributed by atoms with Gasteiger partial charge in [0, 0.05) is 5.92 Å². The van der Waals surface area contributed by atoms with Crippen LogP contribution in [0.2, 0.25) is 0 Å². The molecule has 0 aliphatic heterocycles. The van der Waals surface area contributed by atoms with Gasteiger partial charge in [-0.1, -0.05) is 50.6 Å². The number of rotatable bonds is 3. The van der Waals surface area contributed by atoms with E-state index in [1.165, 1.54) is 30.4 Å². The Balaban J connectivity index is 2.30. The summed E-state index contributed by atoms with van der Waals surface area (Å²) in [5, 5.41) is 10.8. The van der Waals surface area contributed by atoms with Crippen molar-refractivity contribution in [3.63, 3.8) is 0 Å². The topological polar surface area (TPSA) is 20.2 Å². The lowest BCUT2D eigenvalue weighted by molar-refractivity contribution is 0.0629. The fraction of sp³-hybridized carbons (Fsp3) is 0.700. The highest BCUT2D eigenvalue weighted by Crippen LogP contribution is 2.47. The minimum Gasteiger partial charge on any atom is -0.388 e. The maximum Gasteiger partial charge on any atom is 0.0818 e. The Bertz CT molecular complexity index is 454. The van der Waals surface area contributed by atoms with Crippen LogP contribution in [-0.2, 0) is 0 Å². The van der Waals surface area contributed by atoms with Crippen molar-refractivity contribution in [2.75, 3.05) is 0 Å². The number of aliphatic hydroxyl groups excluding tert-OH is 1. The first-order chi connectivity index (χ1) is 9.82. The molecule has 1 nitrogen and oxygen atoms in total. The van der Waals surface area contributed by atoms with Gasteiger partial charge in [0.25, 0.3) is 0 Å². The monoisotopic (exact) mass is 288 g/mol. The Kier molecular flexibility index (Phi) is 5.14. The molecule has 5 atom stereocenters. The van der Waals surface area contributed by atoms with Crippen molar-refractivity contribution in [3.8, 4) is 0 Å². The summed E-state index contributed by atoms with van der Waals surface area (Å²) in [7, 11) is 0. The van der Waals surface area contributed by atoms with Crippen molar-refractivity contribution in [1.82, 2.24) is 0 Å². The fourth-order valence-electron chi connectivity index (χ4n) is 4.27. The lowest BCUT2D eigenvalue weighted by atomic mass is 9.62. The van der Waals surface area contributed by atoms with Gasteiger partial charge in [-0.2, -0.15) is 0 Å². The summed E-state index contributed by atoms with van der Waals surface area (Å²) in [6.07, 6.45) is 7.80. The van der Waals surface area contributed by atoms with Crippen molar-refractivity contribution in [2.24, 2.45) is 29.6 Å². The van der Waals surface area contributed by atoms with Crippen molar-refractivity contribution in [2.45, 2.75) is 60.0 Å². The van der Waals surface area contributed by atoms with Gasteiger partial charge >= 0.3 is 0 Å². The largest absolute Gasteiger partial charge is 0.388 e. The van der Waals surface area contributed by atoms with Gasteiger partial charge in [0.05, 0.1) is 6.10 Å². The average molecular weight is 288 g/mol. The standard InChI is InChI=1S/C20H32O/c1-12(2)16-9-7-14(5)18(11-16)19-17(13(3)4)10-8-15(6)20(19)21/h8,10,13-14,16,18-21H,1,7,9,11H2,2-6H3. The first kappa shape index (κ1) is 16.5. The van der Waals surface area contributed by atoms with Gasteiger partial charge in [0.1, 0.15) is 0 Å². The normalized spacial score (nSPS) is 37.2. The Morgan fingerprint density at radius 2 is 1.95 bits per heavy atom. The second-order valence-corrected chi connectivity index (χ2v) is 7.70. The molecule has 1 saturated carbocycles. The van der Waals surface area contributed by atoms with Crippen LogP contribution in [0, 0.1) is 29.6 Å². The molecule has 5 unspecified atom stereocenters. The minimum atomic E-state index is -0.302. The summed E-state index contributed by atoms with van der Waals surface area (Å²) in [5.74, 6) is 2.71. The second-order valence-electron chi connectivity index (χ2n) is 7.70. The molecule has 1 fully saturated rings. The van der Waals surface area contributed by atoms with Gasteiger partial charge in [0.15, 0.2) is 0 Å². The molecule has 0 heterocycles. The molecule has 2 aliphatic carbocycles. The highest BCUT2D eigenvalue weighted by atomic mass is 16.3. The van der Waals surface area contributed by atoms with Gasteiger partial charge in [-0.3, -0.25) is 0 Å². The molecule has 0 amide bonds. The maximum absolute atomic E-state index is 10.8. The van der Waals surface area contributed by atoms with Crippen LogP contribution in [-0.4, -0.2) is 11.2 Å². The predicted octanol–water partition coefficient (Wildman–Crippen LogP) is 5.13. The smallest absolute Gasteiger partial charge is 0.0818 e. The van der Waals surface area contributed by atoms with Crippen LogP contribution >= 0.6 is 0 Å². The molecule has 118 valence electrons. The maximum atomic E-state index is 10.8. The molecule has 0 aromatic rings. The van der Waals surface area contributed by atoms with Gasteiger partial charge in [-0.25, -0.2) is 0 Å². The van der Waals surface area contributed by atoms with Crippen molar-refractivity contribution in [1.29, 1.82) is 0 Å². The lowest BCUT2D eigenvalue weighted by Crippen LogP contribution is -2.39. The summed E-state index contributed by atoms with van der Waals surface area (Å²) < 4.78 is 0. The third-order valence-electron chi connectivity index (χ3n) is 5.81. The summed E-state index contributed by atoms with van der Waals surface area (Å²) >= 11 is 0. The number of allylic oxidation sites excluding steroid dienone is 3. The zero-order valence-electron chi connectivity index (χ0n) is 14.4. The molecule has 21 heavy (non-hydrogen) atoms. The number of hydrogen-bond acceptors (Lipinski definition) is 1. The molecule has 0 bridgehead atoms. The van der Waals surface area contributed by atoms with E-state index < -0.39 is 0 Å². The van der Waals surface area contributed by atoms with Crippen LogP contribution in [0.5, 0.6) is 0 Å². The summed E-state index contributed by atoms with van der Waals surface area (Å²) in [5.41, 5.74) is 3.88. The van der Waals surface area contributed by atoms with E-state index in [1.54, 1.807) is 0 Å². The third-order valence-corrected chi connectivity index (χ3v) is 5.81. The number of aliphatic hydroxyl groups is 1. The zero-order valence-corrected chi connectivity index (χ0v) is 14.4. The SMILES string of the molecule is C=C(C)C1CCC(C)C(C2C(C(C)C)=CC=C(C)C2O)C1. The molecule has 1 N–H and O–H groups in total. The van der Waals surface area contributed by atoms with Gasteiger partial charge < -0.3 is 5.11 Å². The van der Waals surface area contributed by atoms with Crippen molar-refractivity contribution < 1.29 is 5.11 Å². The zero-order chi connectivity index (χ0) is 15.7. The van der Waals surface area contributed by atoms with Gasteiger partial charge in [0.2, 0.25) is 0 Å². The third kappa shape index (κ3) is 3.34. The Morgan fingerprint density at radius 1 is 1.29 bits per heavy atom. The molecule has 0 aromatic carbocycles. The van der Waals surface area contributed by atoms with E-state index in [9.17, 15) is 5.11 Å². The highest BCUT2D eigenvalue weighted by Gasteiger charge is 2.40. The summed E-state index contributed by atoms with van der Waals surface area (Å²) in [6.45, 7) is 15.3. The average Bonchev–Trinajstić information content (AvgIpc) is 2.42. The van der Waals surface area contributed by atoms with Crippen molar-refractivity contribution >= 4 is 0 Å². The van der Waals surface area contributed by atoms with Crippen LogP contribution < -0.4 is 0 Å². The molecule has 2 aliphatic rings. The molecule has 0 aromatic heterocycles. The van der Waals surface area contributed by atoms with Gasteiger partial charge in [-0.05, 0) is 62.4 Å². The van der Waals surface area contributed by atoms with Crippen LogP contribution in [0.15, 0.2) is 35.5 Å². The van der Waals surface area contributed by atoms with Crippen LogP contribution in [0.25, 0.3) is 0 Å². The molecular weight excluding hydrogens is 256 g/mol. The fourth-order valence-corrected chi connectivity index (χ4v) is 4.27. The van der Waals surface area contributed by atoms with E-state index in [0.717, 1.165) is 5.57 Å². The Hall–Kier alpha value is -0.820.